The molecule has 0 radical (unpaired) electrons. The zero-order valence-corrected chi connectivity index (χ0v) is 14.7. The summed E-state index contributed by atoms with van der Waals surface area (Å²) in [4.78, 5) is 14.0. The summed E-state index contributed by atoms with van der Waals surface area (Å²) in [6.07, 6.45) is 1.29. The molecule has 1 atom stereocenters. The van der Waals surface area contributed by atoms with Gasteiger partial charge in [-0.05, 0) is 38.2 Å². The normalized spacial score (nSPS) is 17.7. The molecule has 24 heavy (non-hydrogen) atoms. The first-order valence-corrected chi connectivity index (χ1v) is 8.58. The first-order chi connectivity index (χ1) is 11.6. The summed E-state index contributed by atoms with van der Waals surface area (Å²) in [5, 5.41) is 6.25. The number of amides is 1. The van der Waals surface area contributed by atoms with Crippen molar-refractivity contribution in [2.45, 2.75) is 18.9 Å². The molecule has 1 aromatic rings. The van der Waals surface area contributed by atoms with E-state index in [2.05, 4.69) is 15.5 Å². The topological polar surface area (TPSA) is 62.8 Å². The lowest BCUT2D eigenvalue weighted by Crippen LogP contribution is -2.44. The molecular weight excluding hydrogens is 306 g/mol. The SMILES string of the molecule is CN(C)CCOc1ccc(CCNC(=O)CC2COCCN2)cc1. The van der Waals surface area contributed by atoms with Gasteiger partial charge in [-0.3, -0.25) is 4.79 Å². The van der Waals surface area contributed by atoms with E-state index in [4.69, 9.17) is 9.47 Å². The molecule has 6 nitrogen and oxygen atoms in total. The summed E-state index contributed by atoms with van der Waals surface area (Å²) in [6, 6.07) is 8.20. The minimum atomic E-state index is 0.0710. The molecule has 0 spiro atoms. The monoisotopic (exact) mass is 335 g/mol. The van der Waals surface area contributed by atoms with Crippen LogP contribution in [0.25, 0.3) is 0 Å². The Morgan fingerprint density at radius 1 is 1.38 bits per heavy atom. The van der Waals surface area contributed by atoms with Crippen LogP contribution in [0.5, 0.6) is 5.75 Å². The van der Waals surface area contributed by atoms with Crippen LogP contribution in [-0.4, -0.2) is 70.4 Å². The van der Waals surface area contributed by atoms with Crippen molar-refractivity contribution in [1.82, 2.24) is 15.5 Å². The summed E-state index contributed by atoms with van der Waals surface area (Å²) in [5.74, 6) is 0.953. The largest absolute Gasteiger partial charge is 0.492 e. The number of carbonyl (C=O) groups is 1. The predicted molar refractivity (Wildman–Crippen MR) is 94.4 cm³/mol. The number of carbonyl (C=O) groups excluding carboxylic acids is 1. The number of benzene rings is 1. The maximum Gasteiger partial charge on any atom is 0.221 e. The molecule has 1 amide bonds. The van der Waals surface area contributed by atoms with Gasteiger partial charge in [0.05, 0.1) is 13.2 Å². The second-order valence-electron chi connectivity index (χ2n) is 6.33. The van der Waals surface area contributed by atoms with E-state index < -0.39 is 0 Å². The van der Waals surface area contributed by atoms with Crippen molar-refractivity contribution < 1.29 is 14.3 Å². The molecule has 1 aliphatic rings. The molecule has 0 bridgehead atoms. The van der Waals surface area contributed by atoms with E-state index in [9.17, 15) is 4.79 Å². The standard InChI is InChI=1S/C18H29N3O3/c1-21(2)10-12-24-17-5-3-15(4-6-17)7-8-20-18(22)13-16-14-23-11-9-19-16/h3-6,16,19H,7-14H2,1-2H3,(H,20,22). The Hall–Kier alpha value is -1.63. The third-order valence-electron chi connectivity index (χ3n) is 3.90. The van der Waals surface area contributed by atoms with E-state index in [1.165, 1.54) is 5.56 Å². The van der Waals surface area contributed by atoms with E-state index in [1.54, 1.807) is 0 Å². The van der Waals surface area contributed by atoms with Gasteiger partial charge < -0.3 is 25.0 Å². The molecule has 1 saturated heterocycles. The Kier molecular flexibility index (Phi) is 8.01. The molecule has 134 valence electrons. The molecule has 0 saturated carbocycles. The number of rotatable bonds is 9. The Balaban J connectivity index is 1.62. The van der Waals surface area contributed by atoms with Crippen LogP contribution >= 0.6 is 0 Å². The average Bonchev–Trinajstić information content (AvgIpc) is 2.57. The zero-order chi connectivity index (χ0) is 17.2. The number of nitrogens with one attached hydrogen (secondary N) is 2. The van der Waals surface area contributed by atoms with Gasteiger partial charge in [0.1, 0.15) is 12.4 Å². The summed E-state index contributed by atoms with van der Waals surface area (Å²) in [5.41, 5.74) is 1.19. The molecule has 1 aromatic carbocycles. The smallest absolute Gasteiger partial charge is 0.221 e. The van der Waals surface area contributed by atoms with Crippen LogP contribution in [0.4, 0.5) is 0 Å². The fourth-order valence-corrected chi connectivity index (χ4v) is 2.49. The van der Waals surface area contributed by atoms with Crippen molar-refractivity contribution in [3.8, 4) is 5.75 Å². The molecule has 6 heteroatoms. The molecule has 1 heterocycles. The Morgan fingerprint density at radius 3 is 2.83 bits per heavy atom. The molecule has 0 aromatic heterocycles. The molecular formula is C18H29N3O3. The van der Waals surface area contributed by atoms with E-state index >= 15 is 0 Å². The van der Waals surface area contributed by atoms with Crippen molar-refractivity contribution in [2.24, 2.45) is 0 Å². The minimum Gasteiger partial charge on any atom is -0.492 e. The Labute approximate surface area is 144 Å². The predicted octanol–water partition coefficient (Wildman–Crippen LogP) is 0.664. The van der Waals surface area contributed by atoms with Gasteiger partial charge in [0.25, 0.3) is 0 Å². The van der Waals surface area contributed by atoms with E-state index in [-0.39, 0.29) is 11.9 Å². The molecule has 1 fully saturated rings. The molecule has 2 N–H and O–H groups in total. The third kappa shape index (κ3) is 7.29. The second kappa shape index (κ2) is 10.3. The molecule has 2 rings (SSSR count). The van der Waals surface area contributed by atoms with E-state index in [1.807, 2.05) is 38.4 Å². The number of likely N-dealkylation sites (N-methyl/N-ethyl adjacent to an activating group) is 1. The fraction of sp³-hybridized carbons (Fsp3) is 0.611. The Bertz CT molecular complexity index is 485. The summed E-state index contributed by atoms with van der Waals surface area (Å²) in [7, 11) is 4.05. The third-order valence-corrected chi connectivity index (χ3v) is 3.90. The molecule has 0 aliphatic carbocycles. The average molecular weight is 335 g/mol. The van der Waals surface area contributed by atoms with E-state index in [0.717, 1.165) is 31.9 Å². The van der Waals surface area contributed by atoms with Gasteiger partial charge >= 0.3 is 0 Å². The number of nitrogens with zero attached hydrogens (tertiary/aromatic N) is 1. The second-order valence-corrected chi connectivity index (χ2v) is 6.33. The first-order valence-electron chi connectivity index (χ1n) is 8.58. The van der Waals surface area contributed by atoms with Crippen LogP contribution in [-0.2, 0) is 16.0 Å². The van der Waals surface area contributed by atoms with Crippen LogP contribution in [0.15, 0.2) is 24.3 Å². The van der Waals surface area contributed by atoms with Gasteiger partial charge in [-0.15, -0.1) is 0 Å². The number of hydrogen-bond donors (Lipinski definition) is 2. The number of morpholine rings is 1. The lowest BCUT2D eigenvalue weighted by molar-refractivity contribution is -0.122. The van der Waals surface area contributed by atoms with Crippen LogP contribution < -0.4 is 15.4 Å². The summed E-state index contributed by atoms with van der Waals surface area (Å²) in [6.45, 7) is 4.39. The summed E-state index contributed by atoms with van der Waals surface area (Å²) < 4.78 is 11.0. The lowest BCUT2D eigenvalue weighted by Gasteiger charge is -2.23. The van der Waals surface area contributed by atoms with Crippen molar-refractivity contribution in [3.05, 3.63) is 29.8 Å². The maximum absolute atomic E-state index is 11.9. The van der Waals surface area contributed by atoms with Gasteiger partial charge in [0, 0.05) is 32.1 Å². The highest BCUT2D eigenvalue weighted by Gasteiger charge is 2.16. The van der Waals surface area contributed by atoms with Crippen LogP contribution in [0.3, 0.4) is 0 Å². The lowest BCUT2D eigenvalue weighted by atomic mass is 10.1. The van der Waals surface area contributed by atoms with Gasteiger partial charge in [-0.25, -0.2) is 0 Å². The molecule has 1 aliphatic heterocycles. The van der Waals surface area contributed by atoms with Crippen LogP contribution in [0, 0.1) is 0 Å². The van der Waals surface area contributed by atoms with Crippen molar-refractivity contribution in [1.29, 1.82) is 0 Å². The quantitative estimate of drug-likeness (QED) is 0.694. The number of ether oxygens (including phenoxy) is 2. The highest BCUT2D eigenvalue weighted by atomic mass is 16.5. The van der Waals surface area contributed by atoms with Crippen molar-refractivity contribution >= 4 is 5.91 Å². The minimum absolute atomic E-state index is 0.0710. The van der Waals surface area contributed by atoms with Gasteiger partial charge in [0.2, 0.25) is 5.91 Å². The Morgan fingerprint density at radius 2 is 2.17 bits per heavy atom. The maximum atomic E-state index is 11.9. The van der Waals surface area contributed by atoms with Crippen LogP contribution in [0.2, 0.25) is 0 Å². The van der Waals surface area contributed by atoms with Gasteiger partial charge in [-0.2, -0.15) is 0 Å². The number of hydrogen-bond acceptors (Lipinski definition) is 5. The first kappa shape index (κ1) is 18.7. The zero-order valence-electron chi connectivity index (χ0n) is 14.7. The highest BCUT2D eigenvalue weighted by Crippen LogP contribution is 2.12. The highest BCUT2D eigenvalue weighted by molar-refractivity contribution is 5.76. The van der Waals surface area contributed by atoms with Crippen molar-refractivity contribution in [2.75, 3.05) is 53.6 Å². The van der Waals surface area contributed by atoms with Gasteiger partial charge in [-0.1, -0.05) is 12.1 Å². The van der Waals surface area contributed by atoms with Gasteiger partial charge in [0.15, 0.2) is 0 Å². The van der Waals surface area contributed by atoms with Crippen molar-refractivity contribution in [3.63, 3.8) is 0 Å². The fourth-order valence-electron chi connectivity index (χ4n) is 2.49. The summed E-state index contributed by atoms with van der Waals surface area (Å²) >= 11 is 0. The molecule has 1 unspecified atom stereocenters. The van der Waals surface area contributed by atoms with Crippen LogP contribution in [0.1, 0.15) is 12.0 Å². The van der Waals surface area contributed by atoms with E-state index in [0.29, 0.717) is 26.2 Å².